The molecule has 19 heavy (non-hydrogen) atoms. The zero-order valence-corrected chi connectivity index (χ0v) is 10.1. The maximum atomic E-state index is 9.72. The highest BCUT2D eigenvalue weighted by Crippen LogP contribution is 2.26. The summed E-state index contributed by atoms with van der Waals surface area (Å²) in [6.45, 7) is -0.282. The summed E-state index contributed by atoms with van der Waals surface area (Å²) in [5.74, 6) is 0.268. The van der Waals surface area contributed by atoms with Gasteiger partial charge in [-0.2, -0.15) is 0 Å². The summed E-state index contributed by atoms with van der Waals surface area (Å²) in [6.07, 6.45) is -4.97. The Morgan fingerprint density at radius 3 is 2.63 bits per heavy atom. The fraction of sp³-hybridized carbons (Fsp3) is 0.500. The number of benzene rings is 1. The summed E-state index contributed by atoms with van der Waals surface area (Å²) in [5.41, 5.74) is 6.65. The Labute approximate surface area is 109 Å². The molecule has 0 radical (unpaired) electrons. The molecular weight excluding hydrogens is 254 g/mol. The second-order valence-electron chi connectivity index (χ2n) is 4.40. The predicted molar refractivity (Wildman–Crippen MR) is 65.2 cm³/mol. The van der Waals surface area contributed by atoms with Crippen LogP contribution in [-0.4, -0.2) is 51.6 Å². The van der Waals surface area contributed by atoms with E-state index in [-0.39, 0.29) is 24.7 Å². The zero-order valence-electron chi connectivity index (χ0n) is 10.1. The summed E-state index contributed by atoms with van der Waals surface area (Å²) in [5, 5.41) is 37.5. The summed E-state index contributed by atoms with van der Waals surface area (Å²) in [6, 6.07) is 4.69. The molecule has 1 aliphatic heterocycles. The molecule has 0 spiro atoms. The minimum absolute atomic E-state index is 0.141. The molecule has 0 aliphatic carbocycles. The number of hydrogen-bond acceptors (Lipinski definition) is 7. The van der Waals surface area contributed by atoms with Gasteiger partial charge in [-0.1, -0.05) is 6.07 Å². The lowest BCUT2D eigenvalue weighted by Gasteiger charge is -2.35. The van der Waals surface area contributed by atoms with E-state index in [4.69, 9.17) is 20.3 Å². The number of aliphatic hydroxyl groups is 4. The van der Waals surface area contributed by atoms with Gasteiger partial charge in [0.15, 0.2) is 0 Å². The van der Waals surface area contributed by atoms with Crippen LogP contribution in [0.4, 0.5) is 5.69 Å². The van der Waals surface area contributed by atoms with E-state index in [0.29, 0.717) is 5.56 Å². The van der Waals surface area contributed by atoms with E-state index in [1.165, 1.54) is 12.1 Å². The van der Waals surface area contributed by atoms with E-state index >= 15 is 0 Å². The summed E-state index contributed by atoms with van der Waals surface area (Å²) in [4.78, 5) is 0. The van der Waals surface area contributed by atoms with E-state index in [1.54, 1.807) is 6.07 Å². The molecule has 0 amide bonds. The fourth-order valence-corrected chi connectivity index (χ4v) is 1.81. The molecule has 106 valence electrons. The Bertz CT molecular complexity index is 440. The van der Waals surface area contributed by atoms with Gasteiger partial charge in [0.05, 0.1) is 18.9 Å². The van der Waals surface area contributed by atoms with Crippen molar-refractivity contribution >= 4 is 5.69 Å². The molecule has 2 rings (SSSR count). The second-order valence-corrected chi connectivity index (χ2v) is 4.40. The van der Waals surface area contributed by atoms with Crippen molar-refractivity contribution in [2.45, 2.75) is 31.2 Å². The van der Waals surface area contributed by atoms with Gasteiger partial charge in [0.2, 0.25) is 6.29 Å². The van der Waals surface area contributed by atoms with Crippen molar-refractivity contribution in [3.8, 4) is 5.75 Å². The Kier molecular flexibility index (Phi) is 4.23. The Hall–Kier alpha value is -1.38. The molecule has 1 unspecified atom stereocenters. The third-order valence-corrected chi connectivity index (χ3v) is 2.95. The summed E-state index contributed by atoms with van der Waals surface area (Å²) >= 11 is 0. The number of ether oxygens (including phenoxy) is 2. The zero-order chi connectivity index (χ0) is 14.0. The van der Waals surface area contributed by atoms with Crippen LogP contribution in [0.3, 0.4) is 0 Å². The van der Waals surface area contributed by atoms with E-state index in [2.05, 4.69) is 0 Å². The van der Waals surface area contributed by atoms with Gasteiger partial charge >= 0.3 is 0 Å². The molecule has 7 nitrogen and oxygen atoms in total. The second kappa shape index (κ2) is 5.72. The highest BCUT2D eigenvalue weighted by atomic mass is 16.7. The predicted octanol–water partition coefficient (Wildman–Crippen LogP) is -1.42. The number of nitrogens with two attached hydrogens (primary N) is 1. The van der Waals surface area contributed by atoms with Crippen molar-refractivity contribution in [1.29, 1.82) is 0 Å². The van der Waals surface area contributed by atoms with Crippen LogP contribution in [0.25, 0.3) is 0 Å². The lowest BCUT2D eigenvalue weighted by Crippen LogP contribution is -2.54. The van der Waals surface area contributed by atoms with Gasteiger partial charge in [-0.25, -0.2) is 0 Å². The number of anilines is 1. The van der Waals surface area contributed by atoms with Crippen molar-refractivity contribution in [3.05, 3.63) is 23.8 Å². The van der Waals surface area contributed by atoms with Gasteiger partial charge < -0.3 is 35.6 Å². The molecule has 7 heteroatoms. The van der Waals surface area contributed by atoms with Crippen molar-refractivity contribution in [2.75, 3.05) is 12.3 Å². The first-order valence-corrected chi connectivity index (χ1v) is 5.84. The Morgan fingerprint density at radius 1 is 1.26 bits per heavy atom. The van der Waals surface area contributed by atoms with Gasteiger partial charge in [0, 0.05) is 0 Å². The molecule has 1 aromatic carbocycles. The highest BCUT2D eigenvalue weighted by molar-refractivity contribution is 5.54. The quantitative estimate of drug-likeness (QED) is 0.427. The Balaban J connectivity index is 2.09. The van der Waals surface area contributed by atoms with Gasteiger partial charge in [-0.3, -0.25) is 0 Å². The first-order chi connectivity index (χ1) is 9.02. The van der Waals surface area contributed by atoms with Gasteiger partial charge in [0.25, 0.3) is 0 Å². The van der Waals surface area contributed by atoms with Gasteiger partial charge in [-0.05, 0) is 17.7 Å². The van der Waals surface area contributed by atoms with Crippen LogP contribution in [0.5, 0.6) is 5.75 Å². The molecular formula is C12H17NO6. The van der Waals surface area contributed by atoms with Crippen molar-refractivity contribution in [2.24, 2.45) is 0 Å². The maximum Gasteiger partial charge on any atom is 0.228 e. The van der Waals surface area contributed by atoms with Crippen LogP contribution in [-0.2, 0) is 11.3 Å². The molecule has 1 heterocycles. The third kappa shape index (κ3) is 2.96. The first-order valence-electron chi connectivity index (χ1n) is 5.84. The molecule has 1 saturated heterocycles. The number of rotatable bonds is 3. The van der Waals surface area contributed by atoms with Crippen LogP contribution in [0.2, 0.25) is 0 Å². The molecule has 0 saturated carbocycles. The largest absolute Gasteiger partial charge is 0.460 e. The summed E-state index contributed by atoms with van der Waals surface area (Å²) < 4.78 is 10.5. The van der Waals surface area contributed by atoms with Crippen molar-refractivity contribution in [1.82, 2.24) is 0 Å². The SMILES string of the molecule is Nc1cc(CO)ccc1OC1OC[C@@H](O)[C@H](O)[C@H]1O. The number of aliphatic hydroxyl groups excluding tert-OH is 4. The van der Waals surface area contributed by atoms with Crippen LogP contribution < -0.4 is 10.5 Å². The monoisotopic (exact) mass is 271 g/mol. The molecule has 0 aromatic heterocycles. The van der Waals surface area contributed by atoms with Crippen LogP contribution in [0.1, 0.15) is 5.56 Å². The topological polar surface area (TPSA) is 125 Å². The van der Waals surface area contributed by atoms with E-state index in [0.717, 1.165) is 0 Å². The Morgan fingerprint density at radius 2 is 2.00 bits per heavy atom. The molecule has 4 atom stereocenters. The minimum Gasteiger partial charge on any atom is -0.460 e. The maximum absolute atomic E-state index is 9.72. The van der Waals surface area contributed by atoms with E-state index in [9.17, 15) is 15.3 Å². The van der Waals surface area contributed by atoms with Crippen LogP contribution in [0.15, 0.2) is 18.2 Å². The standard InChI is InChI=1S/C12H17NO6/c13-7-3-6(4-14)1-2-9(7)19-12-11(17)10(16)8(15)5-18-12/h1-3,8,10-12,14-17H,4-5,13H2/t8-,10+,11-,12?/m1/s1. The normalized spacial score (nSPS) is 31.2. The lowest BCUT2D eigenvalue weighted by molar-refractivity contribution is -0.241. The van der Waals surface area contributed by atoms with Crippen LogP contribution >= 0.6 is 0 Å². The fourth-order valence-electron chi connectivity index (χ4n) is 1.81. The molecule has 1 aliphatic rings. The smallest absolute Gasteiger partial charge is 0.228 e. The number of hydrogen-bond donors (Lipinski definition) is 5. The van der Waals surface area contributed by atoms with Crippen molar-refractivity contribution < 1.29 is 29.9 Å². The average Bonchev–Trinajstić information content (AvgIpc) is 2.41. The molecule has 6 N–H and O–H groups in total. The first kappa shape index (κ1) is 14.0. The molecule has 1 aromatic rings. The average molecular weight is 271 g/mol. The van der Waals surface area contributed by atoms with E-state index < -0.39 is 24.6 Å². The third-order valence-electron chi connectivity index (χ3n) is 2.95. The van der Waals surface area contributed by atoms with Gasteiger partial charge in [-0.15, -0.1) is 0 Å². The number of nitrogen functional groups attached to an aromatic ring is 1. The molecule has 0 bridgehead atoms. The molecule has 1 fully saturated rings. The van der Waals surface area contributed by atoms with Crippen molar-refractivity contribution in [3.63, 3.8) is 0 Å². The highest BCUT2D eigenvalue weighted by Gasteiger charge is 2.39. The summed E-state index contributed by atoms with van der Waals surface area (Å²) in [7, 11) is 0. The lowest BCUT2D eigenvalue weighted by atomic mass is 10.1. The van der Waals surface area contributed by atoms with E-state index in [1.807, 2.05) is 0 Å². The van der Waals surface area contributed by atoms with Gasteiger partial charge in [0.1, 0.15) is 24.1 Å². The minimum atomic E-state index is -1.37. The van der Waals surface area contributed by atoms with Crippen LogP contribution in [0, 0.1) is 0 Å².